The van der Waals surface area contributed by atoms with E-state index in [1.807, 2.05) is 0 Å². The van der Waals surface area contributed by atoms with Gasteiger partial charge in [-0.15, -0.1) is 0 Å². The smallest absolute Gasteiger partial charge is 0.550 e. The number of ketones is 1. The number of aliphatic carboxylic acids is 1. The summed E-state index contributed by atoms with van der Waals surface area (Å²) in [6, 6.07) is 8.29. The fraction of sp³-hybridized carbons (Fsp3) is 0.200. The quantitative estimate of drug-likeness (QED) is 0.507. The Kier molecular flexibility index (Phi) is 6.84. The third-order valence-corrected chi connectivity index (χ3v) is 3.42. The van der Waals surface area contributed by atoms with Gasteiger partial charge in [0.05, 0.1) is 5.69 Å². The summed E-state index contributed by atoms with van der Waals surface area (Å²) in [5.41, 5.74) is 2.27. The minimum atomic E-state index is -1.17. The van der Waals surface area contributed by atoms with Crippen molar-refractivity contribution in [2.24, 2.45) is 7.05 Å². The van der Waals surface area contributed by atoms with E-state index in [1.54, 1.807) is 48.9 Å². The van der Waals surface area contributed by atoms with Gasteiger partial charge >= 0.3 is 51.4 Å². The summed E-state index contributed by atoms with van der Waals surface area (Å²) in [7, 11) is 1.68. The molecule has 0 unspecified atom stereocenters. The standard InChI is InChI=1S/C15H14ClNO3.K/c1-9-7-12(8-13(18)19)17(2)14(9)15(20)10-3-5-11(16)6-4-10;/h3-7H,8H2,1-2H3,(H,18,19);/q;+1/p-1. The van der Waals surface area contributed by atoms with Crippen LogP contribution in [-0.4, -0.2) is 16.3 Å². The predicted molar refractivity (Wildman–Crippen MR) is 73.7 cm³/mol. The Morgan fingerprint density at radius 2 is 1.81 bits per heavy atom. The molecule has 0 bridgehead atoms. The molecular weight excluding hydrogens is 317 g/mol. The van der Waals surface area contributed by atoms with Crippen LogP contribution in [0.15, 0.2) is 30.3 Å². The summed E-state index contributed by atoms with van der Waals surface area (Å²) in [4.78, 5) is 23.2. The Morgan fingerprint density at radius 1 is 1.24 bits per heavy atom. The minimum absolute atomic E-state index is 0. The molecule has 6 heteroatoms. The molecule has 2 aromatic rings. The average Bonchev–Trinajstić information content (AvgIpc) is 2.64. The Bertz CT molecular complexity index is 677. The van der Waals surface area contributed by atoms with Crippen molar-refractivity contribution in [3.05, 3.63) is 57.9 Å². The first kappa shape index (κ1) is 18.6. The maximum Gasteiger partial charge on any atom is 1.00 e. The zero-order valence-electron chi connectivity index (χ0n) is 12.1. The molecule has 0 aliphatic heterocycles. The van der Waals surface area contributed by atoms with Gasteiger partial charge in [0.2, 0.25) is 5.78 Å². The van der Waals surface area contributed by atoms with E-state index in [4.69, 9.17) is 11.6 Å². The molecule has 0 saturated carbocycles. The molecule has 1 heterocycles. The molecule has 0 N–H and O–H groups in total. The van der Waals surface area contributed by atoms with Crippen LogP contribution in [0, 0.1) is 6.92 Å². The van der Waals surface area contributed by atoms with Crippen LogP contribution in [0.25, 0.3) is 0 Å². The molecule has 21 heavy (non-hydrogen) atoms. The van der Waals surface area contributed by atoms with Gasteiger partial charge in [-0.05, 0) is 42.8 Å². The van der Waals surface area contributed by atoms with Crippen LogP contribution < -0.4 is 56.5 Å². The first-order valence-corrected chi connectivity index (χ1v) is 6.43. The average molecular weight is 330 g/mol. The van der Waals surface area contributed by atoms with Crippen molar-refractivity contribution < 1.29 is 66.1 Å². The summed E-state index contributed by atoms with van der Waals surface area (Å²) < 4.78 is 1.60. The topological polar surface area (TPSA) is 62.1 Å². The number of rotatable bonds is 4. The molecule has 1 aromatic heterocycles. The molecule has 4 nitrogen and oxygen atoms in total. The zero-order chi connectivity index (χ0) is 14.9. The molecule has 0 spiro atoms. The van der Waals surface area contributed by atoms with E-state index in [2.05, 4.69) is 0 Å². The molecule has 104 valence electrons. The number of carboxylic acid groups (broad SMARTS) is 1. The van der Waals surface area contributed by atoms with Gasteiger partial charge in [0.15, 0.2) is 0 Å². The number of carbonyl (C=O) groups is 2. The van der Waals surface area contributed by atoms with E-state index < -0.39 is 5.97 Å². The van der Waals surface area contributed by atoms with Crippen LogP contribution in [0.4, 0.5) is 0 Å². The van der Waals surface area contributed by atoms with Crippen molar-refractivity contribution in [3.8, 4) is 0 Å². The van der Waals surface area contributed by atoms with Crippen LogP contribution in [0.3, 0.4) is 0 Å². The van der Waals surface area contributed by atoms with Crippen LogP contribution in [-0.2, 0) is 18.3 Å². The number of carbonyl (C=O) groups excluding carboxylic acids is 2. The Balaban J connectivity index is 0.00000220. The molecule has 1 aromatic carbocycles. The zero-order valence-corrected chi connectivity index (χ0v) is 16.0. The fourth-order valence-corrected chi connectivity index (χ4v) is 2.34. The van der Waals surface area contributed by atoms with Gasteiger partial charge in [0.1, 0.15) is 0 Å². The first-order chi connectivity index (χ1) is 9.40. The van der Waals surface area contributed by atoms with E-state index in [-0.39, 0.29) is 63.6 Å². The van der Waals surface area contributed by atoms with Gasteiger partial charge in [-0.25, -0.2) is 0 Å². The molecule has 0 aliphatic carbocycles. The molecule has 0 fully saturated rings. The number of aromatic nitrogens is 1. The second-order valence-corrected chi connectivity index (χ2v) is 5.05. The Morgan fingerprint density at radius 3 is 2.33 bits per heavy atom. The number of nitrogens with zero attached hydrogens (tertiary/aromatic N) is 1. The second kappa shape index (κ2) is 7.72. The van der Waals surface area contributed by atoms with Gasteiger partial charge in [0.25, 0.3) is 0 Å². The van der Waals surface area contributed by atoms with E-state index in [0.29, 0.717) is 22.0 Å². The van der Waals surface area contributed by atoms with E-state index in [9.17, 15) is 14.7 Å². The van der Waals surface area contributed by atoms with Crippen molar-refractivity contribution in [3.63, 3.8) is 0 Å². The molecule has 0 atom stereocenters. The van der Waals surface area contributed by atoms with Crippen molar-refractivity contribution in [1.29, 1.82) is 0 Å². The SMILES string of the molecule is Cc1cc(CC(=O)[O-])n(C)c1C(=O)c1ccc(Cl)cc1.[K+]. The molecule has 0 amide bonds. The van der Waals surface area contributed by atoms with Crippen LogP contribution in [0.1, 0.15) is 27.3 Å². The number of halogens is 1. The van der Waals surface area contributed by atoms with Crippen molar-refractivity contribution in [2.45, 2.75) is 13.3 Å². The second-order valence-electron chi connectivity index (χ2n) is 4.61. The number of carboxylic acids is 1. The number of benzene rings is 1. The van der Waals surface area contributed by atoms with Crippen molar-refractivity contribution in [1.82, 2.24) is 4.57 Å². The third kappa shape index (κ3) is 4.28. The van der Waals surface area contributed by atoms with Crippen LogP contribution in [0.5, 0.6) is 0 Å². The Labute approximate surface area is 170 Å². The number of aryl methyl sites for hydroxylation is 1. The largest absolute Gasteiger partial charge is 1.00 e. The van der Waals surface area contributed by atoms with E-state index >= 15 is 0 Å². The van der Waals surface area contributed by atoms with Gasteiger partial charge in [-0.1, -0.05) is 11.6 Å². The molecule has 2 rings (SSSR count). The monoisotopic (exact) mass is 329 g/mol. The van der Waals surface area contributed by atoms with Gasteiger partial charge in [-0.2, -0.15) is 0 Å². The number of hydrogen-bond donors (Lipinski definition) is 0. The fourth-order valence-electron chi connectivity index (χ4n) is 2.21. The van der Waals surface area contributed by atoms with E-state index in [1.165, 1.54) is 0 Å². The van der Waals surface area contributed by atoms with Gasteiger partial charge in [-0.3, -0.25) is 4.79 Å². The van der Waals surface area contributed by atoms with Crippen LogP contribution in [0.2, 0.25) is 5.02 Å². The summed E-state index contributed by atoms with van der Waals surface area (Å²) in [6.07, 6.45) is -0.217. The molecule has 0 radical (unpaired) electrons. The maximum atomic E-state index is 12.5. The molecular formula is C15H13ClKNO3. The summed E-state index contributed by atoms with van der Waals surface area (Å²) in [6.45, 7) is 1.78. The molecule has 0 saturated heterocycles. The number of hydrogen-bond acceptors (Lipinski definition) is 3. The third-order valence-electron chi connectivity index (χ3n) is 3.17. The first-order valence-electron chi connectivity index (χ1n) is 6.05. The van der Waals surface area contributed by atoms with Gasteiger partial charge < -0.3 is 14.5 Å². The summed E-state index contributed by atoms with van der Waals surface area (Å²) >= 11 is 5.80. The van der Waals surface area contributed by atoms with E-state index in [0.717, 1.165) is 5.56 Å². The predicted octanol–water partition coefficient (Wildman–Crippen LogP) is -1.49. The normalized spacial score (nSPS) is 10.0. The minimum Gasteiger partial charge on any atom is -0.550 e. The van der Waals surface area contributed by atoms with Crippen molar-refractivity contribution in [2.75, 3.05) is 0 Å². The van der Waals surface area contributed by atoms with Crippen molar-refractivity contribution >= 4 is 23.4 Å². The summed E-state index contributed by atoms with van der Waals surface area (Å²) in [5.74, 6) is -1.33. The molecule has 0 aliphatic rings. The maximum absolute atomic E-state index is 12.5. The van der Waals surface area contributed by atoms with Gasteiger partial charge in [0, 0.05) is 35.7 Å². The Hall–Kier alpha value is -0.434. The van der Waals surface area contributed by atoms with Crippen LogP contribution >= 0.6 is 11.6 Å². The summed E-state index contributed by atoms with van der Waals surface area (Å²) in [5, 5.41) is 11.3.